The first kappa shape index (κ1) is 26.3. The molecule has 1 aliphatic carbocycles. The third-order valence-corrected chi connectivity index (χ3v) is 7.30. The fraction of sp³-hybridized carbons (Fsp3) is 0.400. The maximum atomic E-state index is 14.4. The average molecular weight is 505 g/mol. The van der Waals surface area contributed by atoms with E-state index in [9.17, 15) is 26.3 Å². The molecule has 0 aromatic heterocycles. The standard InChI is InChI=1S/C30H30F6/c1-2-7-20-14-16-21(17-15-20)22-8-5-9-23(18-22)26-12-3-4-13-27(26)24-10-6-11-25(19-24)29(32,33)28(31)30(34,35)36/h3-6,8-13,18-21,28H,2,7,14-17H2,1H3. The third kappa shape index (κ3) is 5.63. The number of alkyl halides is 6. The molecule has 0 spiro atoms. The zero-order chi connectivity index (χ0) is 25.9. The second-order valence-corrected chi connectivity index (χ2v) is 9.79. The van der Waals surface area contributed by atoms with Gasteiger partial charge in [-0.15, -0.1) is 0 Å². The minimum absolute atomic E-state index is 0.308. The van der Waals surface area contributed by atoms with Crippen molar-refractivity contribution in [2.24, 2.45) is 5.92 Å². The molecule has 3 aromatic carbocycles. The molecule has 0 N–H and O–H groups in total. The van der Waals surface area contributed by atoms with Gasteiger partial charge in [-0.1, -0.05) is 86.5 Å². The minimum Gasteiger partial charge on any atom is -0.230 e. The molecule has 1 unspecified atom stereocenters. The number of halogens is 6. The molecule has 3 aromatic rings. The van der Waals surface area contributed by atoms with Crippen molar-refractivity contribution in [2.45, 2.75) is 69.6 Å². The van der Waals surface area contributed by atoms with Crippen LogP contribution in [0, 0.1) is 5.92 Å². The number of benzene rings is 3. The number of hydrogen-bond donors (Lipinski definition) is 0. The largest absolute Gasteiger partial charge is 0.426 e. The predicted molar refractivity (Wildman–Crippen MR) is 132 cm³/mol. The monoisotopic (exact) mass is 504 g/mol. The van der Waals surface area contributed by atoms with Gasteiger partial charge in [0.25, 0.3) is 6.17 Å². The first-order valence-electron chi connectivity index (χ1n) is 12.5. The Morgan fingerprint density at radius 3 is 1.92 bits per heavy atom. The van der Waals surface area contributed by atoms with Gasteiger partial charge in [0, 0.05) is 5.56 Å². The van der Waals surface area contributed by atoms with Gasteiger partial charge in [-0.05, 0) is 71.4 Å². The zero-order valence-electron chi connectivity index (χ0n) is 20.2. The van der Waals surface area contributed by atoms with Crippen LogP contribution in [0.25, 0.3) is 22.3 Å². The molecular weight excluding hydrogens is 474 g/mol. The second-order valence-electron chi connectivity index (χ2n) is 9.79. The van der Waals surface area contributed by atoms with Crippen LogP contribution in [0.3, 0.4) is 0 Å². The lowest BCUT2D eigenvalue weighted by molar-refractivity contribution is -0.248. The Labute approximate surface area is 208 Å². The molecule has 4 rings (SSSR count). The molecule has 192 valence electrons. The number of hydrogen-bond acceptors (Lipinski definition) is 0. The molecule has 0 radical (unpaired) electrons. The van der Waals surface area contributed by atoms with Crippen molar-refractivity contribution in [2.75, 3.05) is 0 Å². The lowest BCUT2D eigenvalue weighted by Crippen LogP contribution is -2.39. The topological polar surface area (TPSA) is 0 Å². The predicted octanol–water partition coefficient (Wildman–Crippen LogP) is 10.1. The molecule has 0 heterocycles. The van der Waals surface area contributed by atoms with E-state index in [-0.39, 0.29) is 0 Å². The first-order chi connectivity index (χ1) is 17.1. The van der Waals surface area contributed by atoms with E-state index >= 15 is 0 Å². The van der Waals surface area contributed by atoms with E-state index in [1.54, 1.807) is 18.2 Å². The molecule has 0 aliphatic heterocycles. The highest BCUT2D eigenvalue weighted by Gasteiger charge is 2.57. The van der Waals surface area contributed by atoms with Crippen LogP contribution in [-0.2, 0) is 5.92 Å². The van der Waals surface area contributed by atoms with Crippen molar-refractivity contribution in [1.29, 1.82) is 0 Å². The Morgan fingerprint density at radius 2 is 1.33 bits per heavy atom. The van der Waals surface area contributed by atoms with Crippen LogP contribution in [-0.4, -0.2) is 12.3 Å². The summed E-state index contributed by atoms with van der Waals surface area (Å²) in [5.41, 5.74) is 2.84. The van der Waals surface area contributed by atoms with Crippen LogP contribution >= 0.6 is 0 Å². The zero-order valence-corrected chi connectivity index (χ0v) is 20.2. The summed E-state index contributed by atoms with van der Waals surface area (Å²) >= 11 is 0. The van der Waals surface area contributed by atoms with Crippen molar-refractivity contribution in [3.63, 3.8) is 0 Å². The van der Waals surface area contributed by atoms with Crippen molar-refractivity contribution >= 4 is 0 Å². The molecular formula is C30H30F6. The molecule has 1 fully saturated rings. The quantitative estimate of drug-likeness (QED) is 0.281. The van der Waals surface area contributed by atoms with E-state index in [0.29, 0.717) is 17.0 Å². The van der Waals surface area contributed by atoms with Gasteiger partial charge in [-0.2, -0.15) is 22.0 Å². The lowest BCUT2D eigenvalue weighted by Gasteiger charge is -2.29. The maximum Gasteiger partial charge on any atom is 0.426 e. The van der Waals surface area contributed by atoms with E-state index in [4.69, 9.17) is 0 Å². The highest BCUT2D eigenvalue weighted by atomic mass is 19.4. The maximum absolute atomic E-state index is 14.4. The smallest absolute Gasteiger partial charge is 0.230 e. The molecule has 1 atom stereocenters. The highest BCUT2D eigenvalue weighted by molar-refractivity contribution is 5.84. The fourth-order valence-corrected chi connectivity index (χ4v) is 5.39. The van der Waals surface area contributed by atoms with Gasteiger partial charge in [0.2, 0.25) is 0 Å². The van der Waals surface area contributed by atoms with Gasteiger partial charge >= 0.3 is 12.1 Å². The summed E-state index contributed by atoms with van der Waals surface area (Å²) in [6.07, 6.45) is -2.76. The van der Waals surface area contributed by atoms with E-state index in [0.717, 1.165) is 42.0 Å². The first-order valence-corrected chi connectivity index (χ1v) is 12.5. The van der Waals surface area contributed by atoms with Crippen LogP contribution < -0.4 is 0 Å². The molecule has 0 bridgehead atoms. The summed E-state index contributed by atoms with van der Waals surface area (Å²) in [6, 6.07) is 20.0. The Morgan fingerprint density at radius 1 is 0.750 bits per heavy atom. The summed E-state index contributed by atoms with van der Waals surface area (Å²) in [5.74, 6) is -3.43. The van der Waals surface area contributed by atoms with Gasteiger partial charge in [0.1, 0.15) is 0 Å². The molecule has 1 saturated carbocycles. The molecule has 0 saturated heterocycles. The number of rotatable bonds is 7. The lowest BCUT2D eigenvalue weighted by atomic mass is 9.77. The van der Waals surface area contributed by atoms with Crippen LogP contribution in [0.1, 0.15) is 62.5 Å². The average Bonchev–Trinajstić information content (AvgIpc) is 2.88. The molecule has 0 amide bonds. The van der Waals surface area contributed by atoms with E-state index in [1.807, 2.05) is 24.3 Å². The SMILES string of the molecule is CCCC1CCC(c2cccc(-c3ccccc3-c3cccc(C(F)(F)C(F)C(F)(F)F)c3)c2)CC1. The van der Waals surface area contributed by atoms with Crippen molar-refractivity contribution in [3.05, 3.63) is 83.9 Å². The normalized spacial score (nSPS) is 19.8. The van der Waals surface area contributed by atoms with Gasteiger partial charge < -0.3 is 0 Å². The van der Waals surface area contributed by atoms with Crippen LogP contribution in [0.2, 0.25) is 0 Å². The van der Waals surface area contributed by atoms with Crippen molar-refractivity contribution in [1.82, 2.24) is 0 Å². The molecule has 6 heteroatoms. The Bertz CT molecular complexity index is 1160. The van der Waals surface area contributed by atoms with E-state index in [2.05, 4.69) is 19.1 Å². The Kier molecular flexibility index (Phi) is 7.82. The van der Waals surface area contributed by atoms with Crippen molar-refractivity contribution < 1.29 is 26.3 Å². The van der Waals surface area contributed by atoms with Crippen molar-refractivity contribution in [3.8, 4) is 22.3 Å². The summed E-state index contributed by atoms with van der Waals surface area (Å²) in [6.45, 7) is 2.22. The molecule has 0 nitrogen and oxygen atoms in total. The Hall–Kier alpha value is -2.76. The van der Waals surface area contributed by atoms with Gasteiger partial charge in [-0.3, -0.25) is 0 Å². The van der Waals surface area contributed by atoms with E-state index in [1.165, 1.54) is 37.3 Å². The minimum atomic E-state index is -5.66. The fourth-order valence-electron chi connectivity index (χ4n) is 5.39. The third-order valence-electron chi connectivity index (χ3n) is 7.30. The van der Waals surface area contributed by atoms with Gasteiger partial charge in [0.05, 0.1) is 0 Å². The highest BCUT2D eigenvalue weighted by Crippen LogP contribution is 2.44. The van der Waals surface area contributed by atoms with Gasteiger partial charge in [0.15, 0.2) is 0 Å². The Balaban J connectivity index is 1.65. The molecule has 36 heavy (non-hydrogen) atoms. The van der Waals surface area contributed by atoms with E-state index < -0.39 is 23.8 Å². The summed E-state index contributed by atoms with van der Waals surface area (Å²) in [7, 11) is 0. The summed E-state index contributed by atoms with van der Waals surface area (Å²) in [5, 5.41) is 0. The van der Waals surface area contributed by atoms with Crippen LogP contribution in [0.5, 0.6) is 0 Å². The summed E-state index contributed by atoms with van der Waals surface area (Å²) < 4.78 is 80.7. The van der Waals surface area contributed by atoms with Crippen LogP contribution in [0.15, 0.2) is 72.8 Å². The second kappa shape index (κ2) is 10.7. The molecule has 1 aliphatic rings. The summed E-state index contributed by atoms with van der Waals surface area (Å²) in [4.78, 5) is 0. The van der Waals surface area contributed by atoms with Crippen LogP contribution in [0.4, 0.5) is 26.3 Å². The van der Waals surface area contributed by atoms with Gasteiger partial charge in [-0.25, -0.2) is 4.39 Å².